The number of piperazine rings is 1. The molecule has 2 heteroatoms. The van der Waals surface area contributed by atoms with Gasteiger partial charge in [-0.25, -0.2) is 0 Å². The molecule has 1 aromatic rings. The summed E-state index contributed by atoms with van der Waals surface area (Å²) in [7, 11) is 2.22. The number of nitrogens with zero attached hydrogens (tertiary/aromatic N) is 2. The minimum Gasteiger partial charge on any atom is -0.304 e. The van der Waals surface area contributed by atoms with Crippen molar-refractivity contribution in [2.24, 2.45) is 5.92 Å². The van der Waals surface area contributed by atoms with Gasteiger partial charge in [-0.3, -0.25) is 4.90 Å². The predicted octanol–water partition coefficient (Wildman–Crippen LogP) is 5.36. The normalized spacial score (nSPS) is 16.6. The van der Waals surface area contributed by atoms with Crippen molar-refractivity contribution >= 4 is 0 Å². The number of hydrogen-bond acceptors (Lipinski definition) is 2. The fourth-order valence-corrected chi connectivity index (χ4v) is 3.74. The van der Waals surface area contributed by atoms with Crippen molar-refractivity contribution in [3.63, 3.8) is 0 Å². The van der Waals surface area contributed by atoms with Crippen LogP contribution in [0.3, 0.4) is 0 Å². The summed E-state index contributed by atoms with van der Waals surface area (Å²) in [6.07, 6.45) is 11.1. The zero-order chi connectivity index (χ0) is 17.9. The second-order valence-corrected chi connectivity index (χ2v) is 8.45. The summed E-state index contributed by atoms with van der Waals surface area (Å²) in [5.74, 6) is 0.873. The van der Waals surface area contributed by atoms with E-state index in [0.29, 0.717) is 0 Å². The molecule has 0 radical (unpaired) electrons. The third kappa shape index (κ3) is 8.87. The lowest BCUT2D eigenvalue weighted by molar-refractivity contribution is 0.148. The van der Waals surface area contributed by atoms with E-state index in [0.717, 1.165) is 12.5 Å². The quantitative estimate of drug-likeness (QED) is 0.498. The van der Waals surface area contributed by atoms with E-state index in [4.69, 9.17) is 0 Å². The monoisotopic (exact) mass is 344 g/mol. The van der Waals surface area contributed by atoms with Crippen LogP contribution >= 0.6 is 0 Å². The van der Waals surface area contributed by atoms with E-state index in [9.17, 15) is 0 Å². The Hall–Kier alpha value is -0.860. The summed E-state index contributed by atoms with van der Waals surface area (Å²) >= 11 is 0. The van der Waals surface area contributed by atoms with Gasteiger partial charge in [0.25, 0.3) is 0 Å². The molecule has 1 fully saturated rings. The maximum Gasteiger partial charge on any atom is 0.0234 e. The maximum absolute atomic E-state index is 2.59. The molecule has 1 aliphatic heterocycles. The molecule has 0 aliphatic carbocycles. The van der Waals surface area contributed by atoms with Gasteiger partial charge in [0.1, 0.15) is 0 Å². The first-order valence-electron chi connectivity index (χ1n) is 10.6. The Morgan fingerprint density at radius 3 is 2.20 bits per heavy atom. The van der Waals surface area contributed by atoms with Gasteiger partial charge in [-0.2, -0.15) is 0 Å². The van der Waals surface area contributed by atoms with Gasteiger partial charge in [-0.05, 0) is 36.9 Å². The van der Waals surface area contributed by atoms with Crippen LogP contribution in [-0.2, 0) is 13.0 Å². The van der Waals surface area contributed by atoms with E-state index in [2.05, 4.69) is 55.0 Å². The SMILES string of the molecule is CC(C)CCCCCCCCc1cccc(CN2CCN(C)CC2)c1. The Labute approximate surface area is 156 Å². The van der Waals surface area contributed by atoms with E-state index >= 15 is 0 Å². The van der Waals surface area contributed by atoms with Gasteiger partial charge < -0.3 is 4.90 Å². The van der Waals surface area contributed by atoms with Crippen molar-refractivity contribution in [1.29, 1.82) is 0 Å². The average Bonchev–Trinajstić information content (AvgIpc) is 2.59. The molecule has 142 valence electrons. The Balaban J connectivity index is 1.59. The lowest BCUT2D eigenvalue weighted by atomic mass is 10.0. The molecule has 0 N–H and O–H groups in total. The molecule has 1 heterocycles. The first-order chi connectivity index (χ1) is 12.1. The molecule has 0 spiro atoms. The van der Waals surface area contributed by atoms with Gasteiger partial charge >= 0.3 is 0 Å². The molecule has 0 atom stereocenters. The number of rotatable bonds is 11. The fourth-order valence-electron chi connectivity index (χ4n) is 3.74. The Bertz CT molecular complexity index is 461. The second kappa shape index (κ2) is 11.7. The largest absolute Gasteiger partial charge is 0.304 e. The number of benzene rings is 1. The van der Waals surface area contributed by atoms with Crippen molar-refractivity contribution in [2.45, 2.75) is 71.8 Å². The third-order valence-corrected chi connectivity index (χ3v) is 5.49. The zero-order valence-electron chi connectivity index (χ0n) is 17.0. The van der Waals surface area contributed by atoms with E-state index < -0.39 is 0 Å². The van der Waals surface area contributed by atoms with Crippen LogP contribution in [0, 0.1) is 5.92 Å². The topological polar surface area (TPSA) is 6.48 Å². The molecule has 1 aromatic carbocycles. The molecule has 0 aromatic heterocycles. The standard InChI is InChI=1S/C23H40N2/c1-21(2)11-8-6-4-5-7-9-12-22-13-10-14-23(19-22)20-25-17-15-24(3)16-18-25/h10,13-14,19,21H,4-9,11-12,15-18,20H2,1-3H3. The van der Waals surface area contributed by atoms with Crippen molar-refractivity contribution in [3.05, 3.63) is 35.4 Å². The zero-order valence-corrected chi connectivity index (χ0v) is 17.0. The van der Waals surface area contributed by atoms with E-state index in [-0.39, 0.29) is 0 Å². The Kier molecular flexibility index (Phi) is 9.57. The van der Waals surface area contributed by atoms with Gasteiger partial charge in [0.2, 0.25) is 0 Å². The minimum absolute atomic E-state index is 0.873. The van der Waals surface area contributed by atoms with Crippen LogP contribution in [0.4, 0.5) is 0 Å². The minimum atomic E-state index is 0.873. The Morgan fingerprint density at radius 1 is 0.840 bits per heavy atom. The molecule has 2 nitrogen and oxygen atoms in total. The molecule has 0 unspecified atom stereocenters. The highest BCUT2D eigenvalue weighted by molar-refractivity contribution is 5.23. The van der Waals surface area contributed by atoms with Crippen molar-refractivity contribution in [3.8, 4) is 0 Å². The molecule has 1 aliphatic rings. The second-order valence-electron chi connectivity index (χ2n) is 8.45. The van der Waals surface area contributed by atoms with Crippen molar-refractivity contribution < 1.29 is 0 Å². The number of likely N-dealkylation sites (N-methyl/N-ethyl adjacent to an activating group) is 1. The van der Waals surface area contributed by atoms with Gasteiger partial charge in [0.15, 0.2) is 0 Å². The average molecular weight is 345 g/mol. The molecule has 2 rings (SSSR count). The smallest absolute Gasteiger partial charge is 0.0234 e. The number of hydrogen-bond donors (Lipinski definition) is 0. The molecule has 25 heavy (non-hydrogen) atoms. The van der Waals surface area contributed by atoms with Gasteiger partial charge in [0.05, 0.1) is 0 Å². The summed E-state index contributed by atoms with van der Waals surface area (Å²) in [4.78, 5) is 5.02. The first kappa shape index (κ1) is 20.5. The summed E-state index contributed by atoms with van der Waals surface area (Å²) in [5, 5.41) is 0. The lowest BCUT2D eigenvalue weighted by Crippen LogP contribution is -2.43. The van der Waals surface area contributed by atoms with E-state index in [1.807, 2.05) is 0 Å². The van der Waals surface area contributed by atoms with Gasteiger partial charge in [0, 0.05) is 32.7 Å². The molecule has 0 bridgehead atoms. The number of aryl methyl sites for hydroxylation is 1. The van der Waals surface area contributed by atoms with Gasteiger partial charge in [-0.15, -0.1) is 0 Å². The van der Waals surface area contributed by atoms with Crippen molar-refractivity contribution in [2.75, 3.05) is 33.2 Å². The van der Waals surface area contributed by atoms with Crippen LogP contribution in [0.1, 0.15) is 69.9 Å². The molecular formula is C23H40N2. The number of unbranched alkanes of at least 4 members (excludes halogenated alkanes) is 5. The van der Waals surface area contributed by atoms with Crippen LogP contribution in [0.5, 0.6) is 0 Å². The molecular weight excluding hydrogens is 304 g/mol. The lowest BCUT2D eigenvalue weighted by Gasteiger charge is -2.32. The molecule has 1 saturated heterocycles. The highest BCUT2D eigenvalue weighted by Crippen LogP contribution is 2.15. The van der Waals surface area contributed by atoms with Crippen LogP contribution in [-0.4, -0.2) is 43.0 Å². The van der Waals surface area contributed by atoms with Crippen LogP contribution in [0.25, 0.3) is 0 Å². The van der Waals surface area contributed by atoms with Crippen LogP contribution in [0.2, 0.25) is 0 Å². The van der Waals surface area contributed by atoms with E-state index in [1.165, 1.54) is 88.7 Å². The summed E-state index contributed by atoms with van der Waals surface area (Å²) in [5.41, 5.74) is 3.03. The van der Waals surface area contributed by atoms with Crippen LogP contribution in [0.15, 0.2) is 24.3 Å². The highest BCUT2D eigenvalue weighted by Gasteiger charge is 2.13. The highest BCUT2D eigenvalue weighted by atomic mass is 15.2. The third-order valence-electron chi connectivity index (χ3n) is 5.49. The summed E-state index contributed by atoms with van der Waals surface area (Å²) in [6, 6.07) is 9.32. The van der Waals surface area contributed by atoms with E-state index in [1.54, 1.807) is 0 Å². The Morgan fingerprint density at radius 2 is 1.48 bits per heavy atom. The van der Waals surface area contributed by atoms with Crippen molar-refractivity contribution in [1.82, 2.24) is 9.80 Å². The van der Waals surface area contributed by atoms with Gasteiger partial charge in [-0.1, -0.05) is 76.6 Å². The predicted molar refractivity (Wildman–Crippen MR) is 110 cm³/mol. The van der Waals surface area contributed by atoms with Crippen LogP contribution < -0.4 is 0 Å². The summed E-state index contributed by atoms with van der Waals surface area (Å²) in [6.45, 7) is 10.6. The maximum atomic E-state index is 2.59. The first-order valence-corrected chi connectivity index (χ1v) is 10.6. The summed E-state index contributed by atoms with van der Waals surface area (Å²) < 4.78 is 0. The fraction of sp³-hybridized carbons (Fsp3) is 0.739. The molecule has 0 amide bonds. The molecule has 0 saturated carbocycles.